The van der Waals surface area contributed by atoms with Crippen LogP contribution in [0.5, 0.6) is 0 Å². The Morgan fingerprint density at radius 1 is 1.50 bits per heavy atom. The summed E-state index contributed by atoms with van der Waals surface area (Å²) in [6.07, 6.45) is 3.28. The molecule has 0 spiro atoms. The van der Waals surface area contributed by atoms with Crippen LogP contribution < -0.4 is 4.43 Å². The number of rotatable bonds is 1. The van der Waals surface area contributed by atoms with Gasteiger partial charge in [0.05, 0.1) is 10.6 Å². The van der Waals surface area contributed by atoms with Crippen LogP contribution in [0.2, 0.25) is 0 Å². The molecule has 0 aliphatic carbocycles. The molecular weight excluding hydrogens is 180 g/mol. The van der Waals surface area contributed by atoms with Crippen molar-refractivity contribution in [3.8, 4) is 0 Å². The average molecular weight is 190 g/mol. The summed E-state index contributed by atoms with van der Waals surface area (Å²) >= 11 is 0. The predicted molar refractivity (Wildman–Crippen MR) is 53.4 cm³/mol. The number of hydrogen-bond donors (Lipinski definition) is 0. The Kier molecular flexibility index (Phi) is 1.96. The van der Waals surface area contributed by atoms with Crippen molar-refractivity contribution in [1.82, 2.24) is 4.73 Å². The lowest BCUT2D eigenvalue weighted by Crippen LogP contribution is -2.16. The molecule has 0 fully saturated rings. The molecule has 0 aliphatic heterocycles. The zero-order valence-corrected chi connectivity index (χ0v) is 7.80. The molecule has 1 aromatic carbocycles. The van der Waals surface area contributed by atoms with Crippen molar-refractivity contribution >= 4 is 11.0 Å². The first-order valence-electron chi connectivity index (χ1n) is 4.46. The van der Waals surface area contributed by atoms with Gasteiger partial charge in [0.1, 0.15) is 5.52 Å². The van der Waals surface area contributed by atoms with E-state index >= 15 is 0 Å². The molecule has 0 saturated heterocycles. The third-order valence-electron chi connectivity index (χ3n) is 2.26. The molecule has 72 valence electrons. The van der Waals surface area contributed by atoms with Gasteiger partial charge in [0.15, 0.2) is 0 Å². The van der Waals surface area contributed by atoms with Gasteiger partial charge in [0, 0.05) is 11.0 Å². The van der Waals surface area contributed by atoms with Crippen molar-refractivity contribution in [3.63, 3.8) is 0 Å². The molecule has 14 heavy (non-hydrogen) atoms. The Morgan fingerprint density at radius 2 is 2.29 bits per heavy atom. The van der Waals surface area contributed by atoms with Gasteiger partial charge in [-0.3, -0.25) is 0 Å². The first kappa shape index (κ1) is 8.74. The summed E-state index contributed by atoms with van der Waals surface area (Å²) < 4.78 is 1.41. The number of aromatic nitrogens is 2. The molecule has 2 rings (SSSR count). The SMILES string of the molecule is CCc1ccc2c(c1)n([O-])cc[n+]2=O. The molecule has 0 bridgehead atoms. The predicted octanol–water partition coefficient (Wildman–Crippen LogP) is 1.46. The standard InChI is InChI=1S/C10H10N2O2/c1-2-8-3-4-9-10(7-8)12(14)6-5-11(9)13/h3-7H,2H2,1H3. The third kappa shape index (κ3) is 1.25. The molecule has 1 heterocycles. The molecule has 2 aromatic rings. The molecular formula is C10H10N2O2. The molecule has 0 N–H and O–H groups in total. The van der Waals surface area contributed by atoms with E-state index in [1.54, 1.807) is 12.1 Å². The number of benzene rings is 1. The highest BCUT2D eigenvalue weighted by Gasteiger charge is 2.06. The molecule has 0 atom stereocenters. The fourth-order valence-electron chi connectivity index (χ4n) is 1.43. The molecule has 0 unspecified atom stereocenters. The fourth-order valence-corrected chi connectivity index (χ4v) is 1.43. The first-order chi connectivity index (χ1) is 6.72. The number of fused-ring (bicyclic) bond motifs is 1. The van der Waals surface area contributed by atoms with Gasteiger partial charge in [-0.05, 0) is 18.1 Å². The van der Waals surface area contributed by atoms with E-state index in [2.05, 4.69) is 0 Å². The summed E-state index contributed by atoms with van der Waals surface area (Å²) in [4.78, 5) is 11.3. The third-order valence-corrected chi connectivity index (χ3v) is 2.26. The smallest absolute Gasteiger partial charge is 0.285 e. The quantitative estimate of drug-likeness (QED) is 0.639. The van der Waals surface area contributed by atoms with Gasteiger partial charge in [-0.1, -0.05) is 13.0 Å². The minimum atomic E-state index is 0.403. The lowest BCUT2D eigenvalue weighted by molar-refractivity contribution is -0.464. The zero-order valence-electron chi connectivity index (χ0n) is 7.80. The van der Waals surface area contributed by atoms with Crippen LogP contribution in [0.15, 0.2) is 30.6 Å². The molecule has 0 radical (unpaired) electrons. The van der Waals surface area contributed by atoms with Crippen LogP contribution >= 0.6 is 0 Å². The fraction of sp³-hybridized carbons (Fsp3) is 0.200. The average Bonchev–Trinajstić information content (AvgIpc) is 2.23. The Morgan fingerprint density at radius 3 is 3.00 bits per heavy atom. The van der Waals surface area contributed by atoms with E-state index in [1.165, 1.54) is 12.4 Å². The molecule has 0 aliphatic rings. The lowest BCUT2D eigenvalue weighted by atomic mass is 10.1. The van der Waals surface area contributed by atoms with Crippen LogP contribution in [0.4, 0.5) is 0 Å². The summed E-state index contributed by atoms with van der Waals surface area (Å²) in [7, 11) is 0. The van der Waals surface area contributed by atoms with E-state index < -0.39 is 0 Å². The van der Waals surface area contributed by atoms with Crippen molar-refractivity contribution in [3.05, 3.63) is 46.3 Å². The van der Waals surface area contributed by atoms with Crippen molar-refractivity contribution in [2.45, 2.75) is 13.3 Å². The second-order valence-corrected chi connectivity index (χ2v) is 3.13. The second kappa shape index (κ2) is 3.14. The summed E-state index contributed by atoms with van der Waals surface area (Å²) in [5.41, 5.74) is 1.87. The van der Waals surface area contributed by atoms with E-state index in [0.29, 0.717) is 20.2 Å². The largest absolute Gasteiger partial charge is 0.805 e. The van der Waals surface area contributed by atoms with E-state index in [-0.39, 0.29) is 0 Å². The van der Waals surface area contributed by atoms with Gasteiger partial charge in [-0.2, -0.15) is 0 Å². The van der Waals surface area contributed by atoms with Gasteiger partial charge in [-0.25, -0.2) is 0 Å². The van der Waals surface area contributed by atoms with Crippen LogP contribution in [0.25, 0.3) is 11.0 Å². The Balaban J connectivity index is 2.87. The maximum atomic E-state index is 11.4. The Hall–Kier alpha value is -1.84. The Labute approximate surface area is 80.6 Å². The van der Waals surface area contributed by atoms with Gasteiger partial charge in [0.2, 0.25) is 6.20 Å². The minimum Gasteiger partial charge on any atom is -0.805 e. The molecule has 0 amide bonds. The van der Waals surface area contributed by atoms with Crippen LogP contribution in [0.1, 0.15) is 12.5 Å². The topological polar surface area (TPSA) is 51.0 Å². The normalized spacial score (nSPS) is 10.6. The van der Waals surface area contributed by atoms with E-state index in [9.17, 15) is 10.1 Å². The van der Waals surface area contributed by atoms with Crippen molar-refractivity contribution < 1.29 is 4.43 Å². The summed E-state index contributed by atoms with van der Waals surface area (Å²) in [5.74, 6) is 0. The molecule has 4 heteroatoms. The van der Waals surface area contributed by atoms with Crippen LogP contribution in [-0.4, -0.2) is 4.73 Å². The summed E-state index contributed by atoms with van der Waals surface area (Å²) in [6.45, 7) is 2.00. The van der Waals surface area contributed by atoms with Crippen molar-refractivity contribution in [1.29, 1.82) is 0 Å². The van der Waals surface area contributed by atoms with Gasteiger partial charge < -0.3 is 9.94 Å². The van der Waals surface area contributed by atoms with Crippen LogP contribution in [0, 0.1) is 10.1 Å². The van der Waals surface area contributed by atoms with Crippen molar-refractivity contribution in [2.75, 3.05) is 0 Å². The highest BCUT2D eigenvalue weighted by atomic mass is 16.5. The van der Waals surface area contributed by atoms with E-state index in [4.69, 9.17) is 0 Å². The number of hydrogen-bond acceptors (Lipinski definition) is 2. The van der Waals surface area contributed by atoms with Gasteiger partial charge in [0.25, 0.3) is 5.52 Å². The second-order valence-electron chi connectivity index (χ2n) is 3.13. The highest BCUT2D eigenvalue weighted by Crippen LogP contribution is 2.11. The van der Waals surface area contributed by atoms with Gasteiger partial charge >= 0.3 is 0 Å². The first-order valence-corrected chi connectivity index (χ1v) is 4.46. The van der Waals surface area contributed by atoms with Gasteiger partial charge in [-0.15, -0.1) is 0 Å². The van der Waals surface area contributed by atoms with Crippen LogP contribution in [0.3, 0.4) is 0 Å². The molecule has 0 saturated carbocycles. The number of nitrogens with zero attached hydrogens (tertiary/aromatic N) is 2. The monoisotopic (exact) mass is 190 g/mol. The minimum absolute atomic E-state index is 0.403. The summed E-state index contributed by atoms with van der Waals surface area (Å²) in [5, 5.41) is 11.4. The van der Waals surface area contributed by atoms with E-state index in [1.807, 2.05) is 13.0 Å². The summed E-state index contributed by atoms with van der Waals surface area (Å²) in [6, 6.07) is 5.28. The molecule has 4 nitrogen and oxygen atoms in total. The maximum absolute atomic E-state index is 11.4. The Bertz CT molecular complexity index is 531. The van der Waals surface area contributed by atoms with Crippen molar-refractivity contribution in [2.24, 2.45) is 0 Å². The number of aryl methyl sites for hydroxylation is 1. The molecule has 1 aromatic heterocycles. The van der Waals surface area contributed by atoms with E-state index in [0.717, 1.165) is 12.0 Å². The maximum Gasteiger partial charge on any atom is 0.285 e. The van der Waals surface area contributed by atoms with Crippen LogP contribution in [-0.2, 0) is 6.42 Å². The zero-order chi connectivity index (χ0) is 10.1. The highest BCUT2D eigenvalue weighted by molar-refractivity contribution is 5.72. The lowest BCUT2D eigenvalue weighted by Gasteiger charge is -2.10.